The van der Waals surface area contributed by atoms with E-state index in [4.69, 9.17) is 0 Å². The van der Waals surface area contributed by atoms with E-state index in [0.29, 0.717) is 16.7 Å². The topological polar surface area (TPSA) is 17.1 Å². The highest BCUT2D eigenvalue weighted by Crippen LogP contribution is 2.68. The minimum atomic E-state index is 0.362. The van der Waals surface area contributed by atoms with Crippen molar-refractivity contribution in [2.24, 2.45) is 58.2 Å². The molecule has 0 aromatic carbocycles. The van der Waals surface area contributed by atoms with Crippen molar-refractivity contribution in [3.63, 3.8) is 0 Å². The highest BCUT2D eigenvalue weighted by Gasteiger charge is 2.60. The minimum Gasteiger partial charge on any atom is -0.303 e. The van der Waals surface area contributed by atoms with Crippen LogP contribution in [0, 0.1) is 58.2 Å². The van der Waals surface area contributed by atoms with Crippen molar-refractivity contribution in [1.29, 1.82) is 0 Å². The second-order valence-electron chi connectivity index (χ2n) is 12.9. The molecule has 166 valence electrons. The molecule has 9 atom stereocenters. The molecule has 4 rings (SSSR count). The second-order valence-corrected chi connectivity index (χ2v) is 12.9. The molecule has 0 radical (unpaired) electrons. The van der Waals surface area contributed by atoms with Gasteiger partial charge in [-0.3, -0.25) is 0 Å². The van der Waals surface area contributed by atoms with E-state index in [1.165, 1.54) is 76.9 Å². The number of carbonyl (C=O) groups excluding carboxylic acids is 1. The molecule has 0 spiro atoms. The molecule has 4 fully saturated rings. The molecule has 29 heavy (non-hydrogen) atoms. The van der Waals surface area contributed by atoms with Crippen molar-refractivity contribution in [2.75, 3.05) is 0 Å². The van der Waals surface area contributed by atoms with Gasteiger partial charge in [0.1, 0.15) is 6.29 Å². The molecule has 1 heteroatoms. The van der Waals surface area contributed by atoms with Crippen LogP contribution in [0.1, 0.15) is 112 Å². The van der Waals surface area contributed by atoms with Crippen LogP contribution in [0.4, 0.5) is 0 Å². The van der Waals surface area contributed by atoms with Gasteiger partial charge < -0.3 is 4.79 Å². The van der Waals surface area contributed by atoms with Gasteiger partial charge in [-0.05, 0) is 110 Å². The molecule has 0 saturated heterocycles. The third kappa shape index (κ3) is 3.76. The molecule has 0 aromatic rings. The normalized spacial score (nSPS) is 47.9. The van der Waals surface area contributed by atoms with Gasteiger partial charge >= 0.3 is 0 Å². The first kappa shape index (κ1) is 21.9. The second kappa shape index (κ2) is 8.31. The molecular weight excluding hydrogens is 352 g/mol. The Morgan fingerprint density at radius 1 is 0.862 bits per heavy atom. The number of carbonyl (C=O) groups is 1. The monoisotopic (exact) mass is 400 g/mol. The molecule has 0 aliphatic heterocycles. The van der Waals surface area contributed by atoms with E-state index < -0.39 is 0 Å². The summed E-state index contributed by atoms with van der Waals surface area (Å²) in [5, 5.41) is 0. The van der Waals surface area contributed by atoms with Crippen LogP contribution in [-0.4, -0.2) is 6.29 Å². The number of fused-ring (bicyclic) bond motifs is 5. The maximum atomic E-state index is 11.4. The standard InChI is InChI=1S/C28H48O/c1-19(2)7-6-8-20(3)24-11-12-25-23-10-9-22-17-21(18-29)13-15-27(22,4)26(23)14-16-28(24,25)5/h18-26H,6-17H2,1-5H3/t20-,21?,22?,23+,24-,25+,26+,27+,28-/m1/s1. The average Bonchev–Trinajstić information content (AvgIpc) is 3.04. The van der Waals surface area contributed by atoms with E-state index in [-0.39, 0.29) is 0 Å². The Balaban J connectivity index is 1.46. The van der Waals surface area contributed by atoms with Crippen molar-refractivity contribution in [3.8, 4) is 0 Å². The summed E-state index contributed by atoms with van der Waals surface area (Å²) in [5.41, 5.74) is 1.15. The lowest BCUT2D eigenvalue weighted by molar-refractivity contribution is -0.130. The van der Waals surface area contributed by atoms with Gasteiger partial charge in [0.15, 0.2) is 0 Å². The van der Waals surface area contributed by atoms with E-state index in [0.717, 1.165) is 47.8 Å². The SMILES string of the molecule is CC(C)CCC[C@@H](C)[C@H]1CC[C@H]2[C@@H]3CCC4CC(C=O)CC[C@]4(C)[C@H]3CC[C@]12C. The predicted octanol–water partition coefficient (Wildman–Crippen LogP) is 7.92. The molecule has 0 bridgehead atoms. The fourth-order valence-electron chi connectivity index (χ4n) is 9.44. The molecule has 0 aromatic heterocycles. The number of hydrogen-bond acceptors (Lipinski definition) is 1. The Bertz CT molecular complexity index is 581. The van der Waals surface area contributed by atoms with Gasteiger partial charge in [0.25, 0.3) is 0 Å². The van der Waals surface area contributed by atoms with Crippen LogP contribution in [0.5, 0.6) is 0 Å². The maximum Gasteiger partial charge on any atom is 0.123 e. The van der Waals surface area contributed by atoms with E-state index in [2.05, 4.69) is 34.6 Å². The summed E-state index contributed by atoms with van der Waals surface area (Å²) in [6.07, 6.45) is 18.1. The Hall–Kier alpha value is -0.330. The molecule has 4 aliphatic rings. The Labute approximate surface area is 181 Å². The smallest absolute Gasteiger partial charge is 0.123 e. The molecule has 0 amide bonds. The summed E-state index contributed by atoms with van der Waals surface area (Å²) in [4.78, 5) is 11.4. The molecule has 0 heterocycles. The molecular formula is C28H48O. The van der Waals surface area contributed by atoms with Gasteiger partial charge in [-0.2, -0.15) is 0 Å². The number of rotatable bonds is 6. The van der Waals surface area contributed by atoms with Crippen LogP contribution in [0.3, 0.4) is 0 Å². The number of hydrogen-bond donors (Lipinski definition) is 0. The first-order valence-electron chi connectivity index (χ1n) is 13.2. The highest BCUT2D eigenvalue weighted by atomic mass is 16.1. The lowest BCUT2D eigenvalue weighted by Gasteiger charge is -2.61. The Kier molecular flexibility index (Phi) is 6.27. The van der Waals surface area contributed by atoms with Crippen LogP contribution in [0.25, 0.3) is 0 Å². The van der Waals surface area contributed by atoms with E-state index in [1.807, 2.05) is 0 Å². The van der Waals surface area contributed by atoms with Crippen molar-refractivity contribution in [3.05, 3.63) is 0 Å². The van der Waals surface area contributed by atoms with Crippen molar-refractivity contribution in [1.82, 2.24) is 0 Å². The highest BCUT2D eigenvalue weighted by molar-refractivity contribution is 5.53. The summed E-state index contributed by atoms with van der Waals surface area (Å²) in [7, 11) is 0. The summed E-state index contributed by atoms with van der Waals surface area (Å²) in [6, 6.07) is 0. The van der Waals surface area contributed by atoms with Gasteiger partial charge in [0.2, 0.25) is 0 Å². The Morgan fingerprint density at radius 3 is 2.31 bits per heavy atom. The minimum absolute atomic E-state index is 0.362. The fraction of sp³-hybridized carbons (Fsp3) is 0.964. The largest absolute Gasteiger partial charge is 0.303 e. The zero-order chi connectivity index (χ0) is 20.8. The maximum absolute atomic E-state index is 11.4. The van der Waals surface area contributed by atoms with Gasteiger partial charge in [-0.1, -0.05) is 53.9 Å². The quantitative estimate of drug-likeness (QED) is 0.414. The van der Waals surface area contributed by atoms with Crippen LogP contribution in [-0.2, 0) is 4.79 Å². The lowest BCUT2D eigenvalue weighted by Crippen LogP contribution is -2.53. The van der Waals surface area contributed by atoms with Gasteiger partial charge in [0, 0.05) is 5.92 Å². The first-order chi connectivity index (χ1) is 13.8. The molecule has 4 aliphatic carbocycles. The van der Waals surface area contributed by atoms with Crippen molar-refractivity contribution in [2.45, 2.75) is 112 Å². The molecule has 4 saturated carbocycles. The molecule has 0 N–H and O–H groups in total. The van der Waals surface area contributed by atoms with E-state index in [1.54, 1.807) is 0 Å². The van der Waals surface area contributed by atoms with Gasteiger partial charge in [0.05, 0.1) is 0 Å². The Morgan fingerprint density at radius 2 is 1.59 bits per heavy atom. The zero-order valence-electron chi connectivity index (χ0n) is 20.1. The first-order valence-corrected chi connectivity index (χ1v) is 13.2. The summed E-state index contributed by atoms with van der Waals surface area (Å²) >= 11 is 0. The number of aldehydes is 1. The van der Waals surface area contributed by atoms with Gasteiger partial charge in [-0.15, -0.1) is 0 Å². The molecule has 1 nitrogen and oxygen atoms in total. The lowest BCUT2D eigenvalue weighted by atomic mass is 9.44. The van der Waals surface area contributed by atoms with Crippen molar-refractivity contribution >= 4 is 6.29 Å². The van der Waals surface area contributed by atoms with Crippen LogP contribution >= 0.6 is 0 Å². The third-order valence-corrected chi connectivity index (χ3v) is 11.1. The third-order valence-electron chi connectivity index (χ3n) is 11.1. The summed E-state index contributed by atoms with van der Waals surface area (Å²) in [6.45, 7) is 12.7. The van der Waals surface area contributed by atoms with Gasteiger partial charge in [-0.25, -0.2) is 0 Å². The van der Waals surface area contributed by atoms with Crippen molar-refractivity contribution < 1.29 is 4.79 Å². The fourth-order valence-corrected chi connectivity index (χ4v) is 9.44. The summed E-state index contributed by atoms with van der Waals surface area (Å²) in [5.74, 6) is 6.84. The average molecular weight is 401 g/mol. The van der Waals surface area contributed by atoms with Crippen LogP contribution < -0.4 is 0 Å². The zero-order valence-corrected chi connectivity index (χ0v) is 20.1. The summed E-state index contributed by atoms with van der Waals surface area (Å²) < 4.78 is 0. The van der Waals surface area contributed by atoms with Crippen LogP contribution in [0.15, 0.2) is 0 Å². The van der Waals surface area contributed by atoms with E-state index in [9.17, 15) is 4.79 Å². The van der Waals surface area contributed by atoms with Crippen LogP contribution in [0.2, 0.25) is 0 Å². The van der Waals surface area contributed by atoms with E-state index >= 15 is 0 Å². The predicted molar refractivity (Wildman–Crippen MR) is 123 cm³/mol. The molecule has 2 unspecified atom stereocenters.